The summed E-state index contributed by atoms with van der Waals surface area (Å²) in [6, 6.07) is 6.94. The van der Waals surface area contributed by atoms with Crippen molar-refractivity contribution in [1.82, 2.24) is 5.32 Å². The number of amides is 1. The van der Waals surface area contributed by atoms with Gasteiger partial charge in [-0.1, -0.05) is 17.7 Å². The van der Waals surface area contributed by atoms with Crippen molar-refractivity contribution in [2.45, 2.75) is 19.3 Å². The highest BCUT2D eigenvalue weighted by Crippen LogP contribution is 2.16. The maximum absolute atomic E-state index is 11.4. The summed E-state index contributed by atoms with van der Waals surface area (Å²) in [5.74, 6) is -0.405. The number of rotatable bonds is 8. The van der Waals surface area contributed by atoms with Crippen molar-refractivity contribution in [3.63, 3.8) is 0 Å². The number of carbonyl (C=O) groups is 2. The van der Waals surface area contributed by atoms with Crippen LogP contribution in [0.3, 0.4) is 0 Å². The van der Waals surface area contributed by atoms with Crippen molar-refractivity contribution in [3.8, 4) is 5.75 Å². The third kappa shape index (κ3) is 7.31. The first-order chi connectivity index (χ1) is 9.08. The molecule has 1 rings (SSSR count). The van der Waals surface area contributed by atoms with Gasteiger partial charge in [-0.3, -0.25) is 9.59 Å². The van der Waals surface area contributed by atoms with Gasteiger partial charge in [0.15, 0.2) is 0 Å². The predicted molar refractivity (Wildman–Crippen MR) is 71.4 cm³/mol. The fourth-order valence-corrected chi connectivity index (χ4v) is 1.55. The Morgan fingerprint density at radius 1 is 1.32 bits per heavy atom. The molecule has 1 aromatic carbocycles. The summed E-state index contributed by atoms with van der Waals surface area (Å²) in [5.41, 5.74) is 0. The predicted octanol–water partition coefficient (Wildman–Crippen LogP) is 2.09. The molecule has 0 aliphatic carbocycles. The van der Waals surface area contributed by atoms with E-state index in [1.54, 1.807) is 24.3 Å². The maximum Gasteiger partial charge on any atom is 0.303 e. The number of carboxylic acids is 1. The minimum Gasteiger partial charge on any atom is -0.493 e. The third-order valence-electron chi connectivity index (χ3n) is 2.28. The van der Waals surface area contributed by atoms with E-state index in [0.717, 1.165) is 0 Å². The summed E-state index contributed by atoms with van der Waals surface area (Å²) >= 11 is 5.79. The van der Waals surface area contributed by atoms with Crippen molar-refractivity contribution in [2.24, 2.45) is 0 Å². The molecule has 0 heterocycles. The van der Waals surface area contributed by atoms with Gasteiger partial charge in [0.25, 0.3) is 0 Å². The summed E-state index contributed by atoms with van der Waals surface area (Å²) in [6.45, 7) is 0.618. The van der Waals surface area contributed by atoms with Crippen LogP contribution in [0.5, 0.6) is 5.75 Å². The first kappa shape index (κ1) is 15.3. The van der Waals surface area contributed by atoms with Crippen LogP contribution in [0.25, 0.3) is 0 Å². The Labute approximate surface area is 116 Å². The fourth-order valence-electron chi connectivity index (χ4n) is 1.37. The molecule has 0 saturated carbocycles. The van der Waals surface area contributed by atoms with E-state index < -0.39 is 5.97 Å². The molecule has 104 valence electrons. The van der Waals surface area contributed by atoms with E-state index in [-0.39, 0.29) is 25.4 Å². The summed E-state index contributed by atoms with van der Waals surface area (Å²) in [7, 11) is 0. The van der Waals surface area contributed by atoms with Crippen molar-refractivity contribution in [2.75, 3.05) is 13.2 Å². The zero-order chi connectivity index (χ0) is 14.1. The van der Waals surface area contributed by atoms with E-state index in [0.29, 0.717) is 23.7 Å². The smallest absolute Gasteiger partial charge is 0.303 e. The normalized spacial score (nSPS) is 9.95. The fraction of sp³-hybridized carbons (Fsp3) is 0.385. The van der Waals surface area contributed by atoms with E-state index in [9.17, 15) is 9.59 Å². The summed E-state index contributed by atoms with van der Waals surface area (Å²) in [6.07, 6.45) is 0.703. The van der Waals surface area contributed by atoms with Crippen LogP contribution in [0.2, 0.25) is 5.02 Å². The number of nitrogens with one attached hydrogen (secondary N) is 1. The molecular formula is C13H16ClNO4. The van der Waals surface area contributed by atoms with Gasteiger partial charge in [-0.15, -0.1) is 0 Å². The minimum atomic E-state index is -0.862. The topological polar surface area (TPSA) is 75.6 Å². The van der Waals surface area contributed by atoms with Gasteiger partial charge in [0.05, 0.1) is 13.0 Å². The molecule has 5 nitrogen and oxygen atoms in total. The van der Waals surface area contributed by atoms with E-state index in [1.165, 1.54) is 0 Å². The molecule has 0 bridgehead atoms. The van der Waals surface area contributed by atoms with Gasteiger partial charge in [-0.2, -0.15) is 0 Å². The molecule has 0 aliphatic rings. The monoisotopic (exact) mass is 285 g/mol. The highest BCUT2D eigenvalue weighted by Gasteiger charge is 2.03. The molecule has 0 unspecified atom stereocenters. The van der Waals surface area contributed by atoms with Crippen LogP contribution in [0.1, 0.15) is 19.3 Å². The number of halogens is 1. The Morgan fingerprint density at radius 2 is 2.11 bits per heavy atom. The van der Waals surface area contributed by atoms with Gasteiger partial charge < -0.3 is 15.2 Å². The van der Waals surface area contributed by atoms with Crippen LogP contribution in [-0.4, -0.2) is 30.1 Å². The molecule has 2 N–H and O–H groups in total. The van der Waals surface area contributed by atoms with Gasteiger partial charge in [-0.25, -0.2) is 0 Å². The molecular weight excluding hydrogens is 270 g/mol. The number of aliphatic carboxylic acids is 1. The Balaban J connectivity index is 2.12. The lowest BCUT2D eigenvalue weighted by molar-refractivity contribution is -0.137. The second kappa shape index (κ2) is 8.37. The summed E-state index contributed by atoms with van der Waals surface area (Å²) in [4.78, 5) is 21.6. The van der Waals surface area contributed by atoms with Crippen LogP contribution in [-0.2, 0) is 9.59 Å². The number of hydrogen-bond donors (Lipinski definition) is 2. The Morgan fingerprint density at radius 3 is 2.79 bits per heavy atom. The highest BCUT2D eigenvalue weighted by molar-refractivity contribution is 6.30. The lowest BCUT2D eigenvalue weighted by Gasteiger charge is -2.07. The standard InChI is InChI=1S/C13H16ClNO4/c14-10-3-1-4-11(9-10)19-8-6-12(16)15-7-2-5-13(17)18/h1,3-4,9H,2,5-8H2,(H,15,16)(H,17,18). The molecule has 0 aliphatic heterocycles. The second-order valence-electron chi connectivity index (χ2n) is 3.90. The van der Waals surface area contributed by atoms with Crippen LogP contribution in [0, 0.1) is 0 Å². The van der Waals surface area contributed by atoms with E-state index >= 15 is 0 Å². The van der Waals surface area contributed by atoms with Crippen LogP contribution in [0.4, 0.5) is 0 Å². The van der Waals surface area contributed by atoms with Crippen molar-refractivity contribution in [3.05, 3.63) is 29.3 Å². The zero-order valence-electron chi connectivity index (χ0n) is 10.4. The lowest BCUT2D eigenvalue weighted by Crippen LogP contribution is -2.26. The largest absolute Gasteiger partial charge is 0.493 e. The zero-order valence-corrected chi connectivity index (χ0v) is 11.2. The molecule has 0 spiro atoms. The number of carbonyl (C=O) groups excluding carboxylic acids is 1. The highest BCUT2D eigenvalue weighted by atomic mass is 35.5. The second-order valence-corrected chi connectivity index (χ2v) is 4.34. The van der Waals surface area contributed by atoms with Crippen molar-refractivity contribution >= 4 is 23.5 Å². The SMILES string of the molecule is O=C(O)CCCNC(=O)CCOc1cccc(Cl)c1. The molecule has 6 heteroatoms. The van der Waals surface area contributed by atoms with Gasteiger partial charge in [0, 0.05) is 18.0 Å². The minimum absolute atomic E-state index is 0.0549. The van der Waals surface area contributed by atoms with Crippen molar-refractivity contribution < 1.29 is 19.4 Å². The van der Waals surface area contributed by atoms with E-state index in [4.69, 9.17) is 21.4 Å². The molecule has 0 radical (unpaired) electrons. The number of carboxylic acid groups (broad SMARTS) is 1. The average Bonchev–Trinajstić information content (AvgIpc) is 2.34. The molecule has 0 aromatic heterocycles. The van der Waals surface area contributed by atoms with E-state index in [1.807, 2.05) is 0 Å². The third-order valence-corrected chi connectivity index (χ3v) is 2.52. The van der Waals surface area contributed by atoms with Gasteiger partial charge >= 0.3 is 5.97 Å². The van der Waals surface area contributed by atoms with E-state index in [2.05, 4.69) is 5.32 Å². The Kier molecular flexibility index (Phi) is 6.74. The van der Waals surface area contributed by atoms with Crippen molar-refractivity contribution in [1.29, 1.82) is 0 Å². The first-order valence-electron chi connectivity index (χ1n) is 5.95. The molecule has 19 heavy (non-hydrogen) atoms. The summed E-state index contributed by atoms with van der Waals surface area (Å²) < 4.78 is 5.36. The molecule has 0 fully saturated rings. The number of hydrogen-bond acceptors (Lipinski definition) is 3. The van der Waals surface area contributed by atoms with Gasteiger partial charge in [0.2, 0.25) is 5.91 Å². The Bertz CT molecular complexity index is 436. The Hall–Kier alpha value is -1.75. The van der Waals surface area contributed by atoms with Gasteiger partial charge in [0.1, 0.15) is 5.75 Å². The van der Waals surface area contributed by atoms with Crippen LogP contribution in [0.15, 0.2) is 24.3 Å². The lowest BCUT2D eigenvalue weighted by atomic mass is 10.3. The molecule has 1 aromatic rings. The maximum atomic E-state index is 11.4. The average molecular weight is 286 g/mol. The van der Waals surface area contributed by atoms with Crippen LogP contribution < -0.4 is 10.1 Å². The molecule has 0 saturated heterocycles. The quantitative estimate of drug-likeness (QED) is 0.717. The van der Waals surface area contributed by atoms with Gasteiger partial charge in [-0.05, 0) is 24.6 Å². The molecule has 0 atom stereocenters. The van der Waals surface area contributed by atoms with Crippen LogP contribution >= 0.6 is 11.6 Å². The number of ether oxygens (including phenoxy) is 1. The first-order valence-corrected chi connectivity index (χ1v) is 6.32. The molecule has 1 amide bonds. The summed E-state index contributed by atoms with van der Waals surface area (Å²) in [5, 5.41) is 11.6. The number of benzene rings is 1.